The monoisotopic (exact) mass is 255 g/mol. The van der Waals surface area contributed by atoms with Crippen molar-refractivity contribution in [2.24, 2.45) is 5.41 Å². The molecule has 0 aliphatic heterocycles. The van der Waals surface area contributed by atoms with E-state index in [9.17, 15) is 0 Å². The molecule has 3 heteroatoms. The molecule has 1 N–H and O–H groups in total. The fourth-order valence-corrected chi connectivity index (χ4v) is 3.68. The Hall–Kier alpha value is -0.120. The lowest BCUT2D eigenvalue weighted by atomic mass is 9.60. The normalized spacial score (nSPS) is 29.7. The molecule has 3 nitrogen and oxygen atoms in total. The fourth-order valence-electron chi connectivity index (χ4n) is 3.68. The summed E-state index contributed by atoms with van der Waals surface area (Å²) in [7, 11) is 0. The number of hydrogen-bond donors (Lipinski definition) is 1. The van der Waals surface area contributed by atoms with E-state index in [2.05, 4.69) is 12.2 Å². The van der Waals surface area contributed by atoms with Crippen molar-refractivity contribution in [1.82, 2.24) is 5.32 Å². The number of rotatable bonds is 8. The van der Waals surface area contributed by atoms with Gasteiger partial charge in [-0.25, -0.2) is 0 Å². The maximum absolute atomic E-state index is 6.06. The highest BCUT2D eigenvalue weighted by molar-refractivity contribution is 5.09. The van der Waals surface area contributed by atoms with E-state index in [1.165, 1.54) is 38.5 Å². The Morgan fingerprint density at radius 2 is 1.94 bits per heavy atom. The minimum absolute atomic E-state index is 0.460. The molecule has 0 aromatic heterocycles. The van der Waals surface area contributed by atoms with Crippen LogP contribution < -0.4 is 5.32 Å². The van der Waals surface area contributed by atoms with Crippen LogP contribution >= 0.6 is 0 Å². The maximum Gasteiger partial charge on any atom is 0.0704 e. The zero-order valence-corrected chi connectivity index (χ0v) is 12.0. The third kappa shape index (κ3) is 2.89. The van der Waals surface area contributed by atoms with Gasteiger partial charge in [-0.2, -0.15) is 0 Å². The molecular weight excluding hydrogens is 226 g/mol. The van der Waals surface area contributed by atoms with Gasteiger partial charge in [0.1, 0.15) is 0 Å². The first-order valence-corrected chi connectivity index (χ1v) is 7.76. The summed E-state index contributed by atoms with van der Waals surface area (Å²) in [6.45, 7) is 7.73. The summed E-state index contributed by atoms with van der Waals surface area (Å²) >= 11 is 0. The Morgan fingerprint density at radius 3 is 2.61 bits per heavy atom. The predicted octanol–water partition coefficient (Wildman–Crippen LogP) is 2.74. The minimum Gasteiger partial charge on any atom is -0.379 e. The second-order valence-corrected chi connectivity index (χ2v) is 5.74. The standard InChI is InChI=1S/C15H29NO2/c1-3-9-16-13-12-14(18-11-10-17-4-2)15(13)7-5-6-8-15/h13-14,16H,3-12H2,1-2H3. The van der Waals surface area contributed by atoms with Gasteiger partial charge in [-0.3, -0.25) is 0 Å². The van der Waals surface area contributed by atoms with Crippen molar-refractivity contribution in [1.29, 1.82) is 0 Å². The van der Waals surface area contributed by atoms with E-state index in [0.717, 1.165) is 26.4 Å². The second kappa shape index (κ2) is 6.88. The van der Waals surface area contributed by atoms with Gasteiger partial charge < -0.3 is 14.8 Å². The molecule has 0 saturated heterocycles. The Labute approximate surface area is 112 Å². The quantitative estimate of drug-likeness (QED) is 0.677. The fraction of sp³-hybridized carbons (Fsp3) is 1.00. The van der Waals surface area contributed by atoms with Crippen molar-refractivity contribution < 1.29 is 9.47 Å². The summed E-state index contributed by atoms with van der Waals surface area (Å²) in [5.74, 6) is 0. The van der Waals surface area contributed by atoms with Gasteiger partial charge in [-0.1, -0.05) is 19.8 Å². The Morgan fingerprint density at radius 1 is 1.17 bits per heavy atom. The molecule has 0 heterocycles. The van der Waals surface area contributed by atoms with Crippen LogP contribution in [0.5, 0.6) is 0 Å². The predicted molar refractivity (Wildman–Crippen MR) is 73.8 cm³/mol. The summed E-state index contributed by atoms with van der Waals surface area (Å²) in [5.41, 5.74) is 0.460. The highest BCUT2D eigenvalue weighted by Gasteiger charge is 2.56. The largest absolute Gasteiger partial charge is 0.379 e. The van der Waals surface area contributed by atoms with Crippen molar-refractivity contribution in [2.75, 3.05) is 26.4 Å². The molecule has 0 amide bonds. The summed E-state index contributed by atoms with van der Waals surface area (Å²) in [4.78, 5) is 0. The smallest absolute Gasteiger partial charge is 0.0704 e. The van der Waals surface area contributed by atoms with Gasteiger partial charge in [0.05, 0.1) is 19.3 Å². The summed E-state index contributed by atoms with van der Waals surface area (Å²) in [6.07, 6.45) is 8.39. The first-order valence-electron chi connectivity index (χ1n) is 7.76. The molecule has 0 bridgehead atoms. The van der Waals surface area contributed by atoms with Gasteiger partial charge >= 0.3 is 0 Å². The SMILES string of the molecule is CCCNC1CC(OCCOCC)C12CCCC2. The topological polar surface area (TPSA) is 30.5 Å². The van der Waals surface area contributed by atoms with Gasteiger partial charge in [-0.15, -0.1) is 0 Å². The van der Waals surface area contributed by atoms with Crippen LogP contribution in [-0.4, -0.2) is 38.5 Å². The first kappa shape index (κ1) is 14.3. The molecule has 2 atom stereocenters. The van der Waals surface area contributed by atoms with Gasteiger partial charge in [0.2, 0.25) is 0 Å². The van der Waals surface area contributed by atoms with Crippen molar-refractivity contribution >= 4 is 0 Å². The second-order valence-electron chi connectivity index (χ2n) is 5.74. The molecular formula is C15H29NO2. The lowest BCUT2D eigenvalue weighted by Crippen LogP contribution is -2.62. The molecule has 106 valence electrons. The van der Waals surface area contributed by atoms with E-state index in [-0.39, 0.29) is 0 Å². The molecule has 2 aliphatic carbocycles. The molecule has 2 unspecified atom stereocenters. The van der Waals surface area contributed by atoms with E-state index in [1.54, 1.807) is 0 Å². The zero-order valence-electron chi connectivity index (χ0n) is 12.0. The van der Waals surface area contributed by atoms with Crippen molar-refractivity contribution in [3.8, 4) is 0 Å². The highest BCUT2D eigenvalue weighted by atomic mass is 16.5. The van der Waals surface area contributed by atoms with E-state index in [1.807, 2.05) is 6.92 Å². The van der Waals surface area contributed by atoms with Crippen LogP contribution in [-0.2, 0) is 9.47 Å². The van der Waals surface area contributed by atoms with Crippen LogP contribution in [0.4, 0.5) is 0 Å². The average Bonchev–Trinajstić information content (AvgIpc) is 2.88. The van der Waals surface area contributed by atoms with Crippen molar-refractivity contribution in [3.63, 3.8) is 0 Å². The summed E-state index contributed by atoms with van der Waals surface area (Å²) in [5, 5.41) is 3.72. The van der Waals surface area contributed by atoms with Crippen LogP contribution in [0.2, 0.25) is 0 Å². The molecule has 2 saturated carbocycles. The van der Waals surface area contributed by atoms with Crippen molar-refractivity contribution in [2.45, 2.75) is 64.5 Å². The van der Waals surface area contributed by atoms with Gasteiger partial charge in [-0.05, 0) is 39.2 Å². The molecule has 2 fully saturated rings. The molecule has 0 aromatic carbocycles. The lowest BCUT2D eigenvalue weighted by Gasteiger charge is -2.54. The molecule has 0 radical (unpaired) electrons. The van der Waals surface area contributed by atoms with Gasteiger partial charge in [0, 0.05) is 18.1 Å². The van der Waals surface area contributed by atoms with Crippen LogP contribution in [0.15, 0.2) is 0 Å². The van der Waals surface area contributed by atoms with E-state index in [0.29, 0.717) is 17.6 Å². The highest BCUT2D eigenvalue weighted by Crippen LogP contribution is 2.54. The van der Waals surface area contributed by atoms with Crippen LogP contribution in [0.25, 0.3) is 0 Å². The molecule has 2 rings (SSSR count). The first-order chi connectivity index (χ1) is 8.83. The number of nitrogens with one attached hydrogen (secondary N) is 1. The molecule has 1 spiro atoms. The van der Waals surface area contributed by atoms with E-state index in [4.69, 9.17) is 9.47 Å². The minimum atomic E-state index is 0.460. The maximum atomic E-state index is 6.06. The Kier molecular flexibility index (Phi) is 5.46. The van der Waals surface area contributed by atoms with Gasteiger partial charge in [0.25, 0.3) is 0 Å². The lowest BCUT2D eigenvalue weighted by molar-refractivity contribution is -0.141. The molecule has 0 aromatic rings. The molecule has 2 aliphatic rings. The Bertz CT molecular complexity index is 237. The molecule has 18 heavy (non-hydrogen) atoms. The van der Waals surface area contributed by atoms with Crippen molar-refractivity contribution in [3.05, 3.63) is 0 Å². The van der Waals surface area contributed by atoms with E-state index < -0.39 is 0 Å². The third-order valence-corrected chi connectivity index (χ3v) is 4.71. The summed E-state index contributed by atoms with van der Waals surface area (Å²) < 4.78 is 11.4. The van der Waals surface area contributed by atoms with Crippen LogP contribution in [0.1, 0.15) is 52.4 Å². The third-order valence-electron chi connectivity index (χ3n) is 4.71. The zero-order chi connectivity index (χ0) is 12.8. The average molecular weight is 255 g/mol. The van der Waals surface area contributed by atoms with Crippen LogP contribution in [0, 0.1) is 5.41 Å². The number of hydrogen-bond acceptors (Lipinski definition) is 3. The Balaban J connectivity index is 1.77. The summed E-state index contributed by atoms with van der Waals surface area (Å²) in [6, 6.07) is 0.706. The van der Waals surface area contributed by atoms with Gasteiger partial charge in [0.15, 0.2) is 0 Å². The van der Waals surface area contributed by atoms with Crippen LogP contribution in [0.3, 0.4) is 0 Å². The van der Waals surface area contributed by atoms with E-state index >= 15 is 0 Å². The number of ether oxygens (including phenoxy) is 2.